The molecule has 0 aliphatic carbocycles. The minimum absolute atomic E-state index is 0.00553. The molecule has 0 saturated carbocycles. The van der Waals surface area contributed by atoms with E-state index in [-0.39, 0.29) is 17.6 Å². The van der Waals surface area contributed by atoms with Gasteiger partial charge in [-0.25, -0.2) is 0 Å². The summed E-state index contributed by atoms with van der Waals surface area (Å²) in [7, 11) is 0. The summed E-state index contributed by atoms with van der Waals surface area (Å²) in [6.45, 7) is 0.658. The van der Waals surface area contributed by atoms with Gasteiger partial charge in [0.2, 0.25) is 5.91 Å². The van der Waals surface area contributed by atoms with Crippen LogP contribution >= 0.6 is 0 Å². The van der Waals surface area contributed by atoms with Gasteiger partial charge in [-0.05, 0) is 24.1 Å². The number of amides is 1. The molecule has 3 rings (SSSR count). The monoisotopic (exact) mass is 322 g/mol. The second-order valence-electron chi connectivity index (χ2n) is 6.27. The van der Waals surface area contributed by atoms with Crippen LogP contribution in [-0.4, -0.2) is 24.3 Å². The molecule has 0 radical (unpaired) electrons. The molecule has 2 unspecified atom stereocenters. The fourth-order valence-electron chi connectivity index (χ4n) is 3.50. The highest BCUT2D eigenvalue weighted by atomic mass is 16.2. The van der Waals surface area contributed by atoms with Gasteiger partial charge in [0.15, 0.2) is 0 Å². The first-order chi connectivity index (χ1) is 11.7. The number of hydrogen-bond donors (Lipinski definition) is 2. The number of primary amides is 1. The van der Waals surface area contributed by atoms with Crippen LogP contribution in [0.1, 0.15) is 29.9 Å². The molecule has 24 heavy (non-hydrogen) atoms. The first kappa shape index (κ1) is 16.4. The summed E-state index contributed by atoms with van der Waals surface area (Å²) in [6, 6.07) is 19.5. The van der Waals surface area contributed by atoms with Crippen LogP contribution in [0, 0.1) is 5.92 Å². The predicted molar refractivity (Wildman–Crippen MR) is 93.4 cm³/mol. The maximum Gasteiger partial charge on any atom is 0.235 e. The van der Waals surface area contributed by atoms with Gasteiger partial charge in [0.1, 0.15) is 5.78 Å². The summed E-state index contributed by atoms with van der Waals surface area (Å²) in [4.78, 5) is 24.4. The highest BCUT2D eigenvalue weighted by Gasteiger charge is 2.37. The Hall–Kier alpha value is -2.46. The summed E-state index contributed by atoms with van der Waals surface area (Å²) in [5.41, 5.74) is 7.65. The van der Waals surface area contributed by atoms with E-state index >= 15 is 0 Å². The number of Topliss-reactive ketones (excluding diaryl/α,β-unsaturated/α-hetero) is 1. The molecule has 4 heteroatoms. The fourth-order valence-corrected chi connectivity index (χ4v) is 3.50. The Labute approximate surface area is 142 Å². The number of carbonyl (C=O) groups excluding carboxylic acids is 2. The number of nitrogens with two attached hydrogens (primary N) is 1. The molecule has 1 aliphatic heterocycles. The summed E-state index contributed by atoms with van der Waals surface area (Å²) < 4.78 is 0. The number of hydrogen-bond acceptors (Lipinski definition) is 3. The number of rotatable bonds is 6. The summed E-state index contributed by atoms with van der Waals surface area (Å²) >= 11 is 0. The maximum absolute atomic E-state index is 12.9. The zero-order chi connectivity index (χ0) is 16.9. The van der Waals surface area contributed by atoms with E-state index in [1.54, 1.807) is 0 Å². The van der Waals surface area contributed by atoms with Crippen LogP contribution < -0.4 is 11.1 Å². The van der Waals surface area contributed by atoms with Crippen molar-refractivity contribution in [3.8, 4) is 0 Å². The third kappa shape index (κ3) is 3.54. The van der Waals surface area contributed by atoms with Crippen molar-refractivity contribution in [3.63, 3.8) is 0 Å². The Bertz CT molecular complexity index is 661. The molecule has 0 bridgehead atoms. The first-order valence-electron chi connectivity index (χ1n) is 8.32. The minimum Gasteiger partial charge on any atom is -0.368 e. The van der Waals surface area contributed by atoms with Gasteiger partial charge in [0, 0.05) is 18.3 Å². The molecule has 2 aromatic carbocycles. The molecule has 3 N–H and O–H groups in total. The van der Waals surface area contributed by atoms with Gasteiger partial charge in [-0.1, -0.05) is 60.7 Å². The fraction of sp³-hybridized carbons (Fsp3) is 0.300. The Morgan fingerprint density at radius 3 is 2.04 bits per heavy atom. The highest BCUT2D eigenvalue weighted by molar-refractivity contribution is 5.91. The lowest BCUT2D eigenvalue weighted by atomic mass is 9.82. The van der Waals surface area contributed by atoms with Crippen molar-refractivity contribution in [1.29, 1.82) is 0 Å². The highest BCUT2D eigenvalue weighted by Crippen LogP contribution is 2.31. The van der Waals surface area contributed by atoms with Crippen LogP contribution in [0.4, 0.5) is 0 Å². The summed E-state index contributed by atoms with van der Waals surface area (Å²) in [6.07, 6.45) is 1.05. The minimum atomic E-state index is -0.537. The molecule has 1 aliphatic rings. The van der Waals surface area contributed by atoms with Gasteiger partial charge in [0.05, 0.1) is 6.04 Å². The Balaban J connectivity index is 1.85. The van der Waals surface area contributed by atoms with Gasteiger partial charge in [0.25, 0.3) is 0 Å². The SMILES string of the molecule is NC(=O)C1NCCC1C(=O)CC(c1ccccc1)c1ccccc1. The van der Waals surface area contributed by atoms with Gasteiger partial charge < -0.3 is 11.1 Å². The Morgan fingerprint density at radius 2 is 1.54 bits per heavy atom. The average Bonchev–Trinajstić information content (AvgIpc) is 3.11. The smallest absolute Gasteiger partial charge is 0.235 e. The number of benzene rings is 2. The molecule has 0 spiro atoms. The van der Waals surface area contributed by atoms with Crippen molar-refractivity contribution in [2.75, 3.05) is 6.54 Å². The number of nitrogens with one attached hydrogen (secondary N) is 1. The molecular weight excluding hydrogens is 300 g/mol. The van der Waals surface area contributed by atoms with Crippen LogP contribution in [0.3, 0.4) is 0 Å². The van der Waals surface area contributed by atoms with Crippen LogP contribution in [0.5, 0.6) is 0 Å². The van der Waals surface area contributed by atoms with Gasteiger partial charge >= 0.3 is 0 Å². The zero-order valence-electron chi connectivity index (χ0n) is 13.5. The lowest BCUT2D eigenvalue weighted by Gasteiger charge is -2.21. The molecule has 1 saturated heterocycles. The average molecular weight is 322 g/mol. The lowest BCUT2D eigenvalue weighted by molar-refractivity contribution is -0.128. The molecule has 4 nitrogen and oxygen atoms in total. The lowest BCUT2D eigenvalue weighted by Crippen LogP contribution is -2.43. The molecule has 0 aromatic heterocycles. The quantitative estimate of drug-likeness (QED) is 0.857. The largest absolute Gasteiger partial charge is 0.368 e. The molecule has 1 heterocycles. The van der Waals surface area contributed by atoms with E-state index in [1.165, 1.54) is 0 Å². The third-order valence-corrected chi connectivity index (χ3v) is 4.75. The van der Waals surface area contributed by atoms with Crippen molar-refractivity contribution in [1.82, 2.24) is 5.32 Å². The van der Waals surface area contributed by atoms with E-state index in [0.29, 0.717) is 19.4 Å². The van der Waals surface area contributed by atoms with Crippen molar-refractivity contribution < 1.29 is 9.59 Å². The van der Waals surface area contributed by atoms with Gasteiger partial charge in [-0.3, -0.25) is 9.59 Å². The van der Waals surface area contributed by atoms with E-state index in [0.717, 1.165) is 11.1 Å². The molecule has 1 amide bonds. The molecule has 124 valence electrons. The van der Waals surface area contributed by atoms with E-state index in [4.69, 9.17) is 5.73 Å². The summed E-state index contributed by atoms with van der Waals surface area (Å²) in [5, 5.41) is 3.04. The third-order valence-electron chi connectivity index (χ3n) is 4.75. The number of ketones is 1. The van der Waals surface area contributed by atoms with Crippen LogP contribution in [-0.2, 0) is 9.59 Å². The van der Waals surface area contributed by atoms with E-state index in [9.17, 15) is 9.59 Å². The van der Waals surface area contributed by atoms with Gasteiger partial charge in [-0.2, -0.15) is 0 Å². The van der Waals surface area contributed by atoms with Crippen molar-refractivity contribution in [2.45, 2.75) is 24.8 Å². The first-order valence-corrected chi connectivity index (χ1v) is 8.32. The van der Waals surface area contributed by atoms with E-state index in [1.807, 2.05) is 60.7 Å². The second-order valence-corrected chi connectivity index (χ2v) is 6.27. The van der Waals surface area contributed by atoms with Gasteiger partial charge in [-0.15, -0.1) is 0 Å². The predicted octanol–water partition coefficient (Wildman–Crippen LogP) is 2.24. The number of carbonyl (C=O) groups is 2. The van der Waals surface area contributed by atoms with Crippen LogP contribution in [0.15, 0.2) is 60.7 Å². The molecule has 2 atom stereocenters. The van der Waals surface area contributed by atoms with Crippen molar-refractivity contribution >= 4 is 11.7 Å². The normalized spacial score (nSPS) is 20.2. The second kappa shape index (κ2) is 7.41. The molecule has 1 fully saturated rings. The maximum atomic E-state index is 12.9. The Kier molecular flexibility index (Phi) is 5.06. The van der Waals surface area contributed by atoms with Crippen LogP contribution in [0.25, 0.3) is 0 Å². The Morgan fingerprint density at radius 1 is 1.00 bits per heavy atom. The zero-order valence-corrected chi connectivity index (χ0v) is 13.5. The molecule has 2 aromatic rings. The topological polar surface area (TPSA) is 72.2 Å². The molecular formula is C20H22N2O2. The standard InChI is InChI=1S/C20H22N2O2/c21-20(24)19-16(11-12-22-19)18(23)13-17(14-7-3-1-4-8-14)15-9-5-2-6-10-15/h1-10,16-17,19,22H,11-13H2,(H2,21,24). The van der Waals surface area contributed by atoms with Crippen LogP contribution in [0.2, 0.25) is 0 Å². The summed E-state index contributed by atoms with van der Waals surface area (Å²) in [5.74, 6) is -0.672. The van der Waals surface area contributed by atoms with Crippen molar-refractivity contribution in [2.24, 2.45) is 11.7 Å². The van der Waals surface area contributed by atoms with E-state index in [2.05, 4.69) is 5.32 Å². The van der Waals surface area contributed by atoms with Crippen molar-refractivity contribution in [3.05, 3.63) is 71.8 Å². The van der Waals surface area contributed by atoms with E-state index < -0.39 is 11.9 Å².